The molecule has 0 saturated carbocycles. The van der Waals surface area contributed by atoms with Gasteiger partial charge in [0.25, 0.3) is 5.91 Å². The molecule has 1 saturated heterocycles. The van der Waals surface area contributed by atoms with Crippen LogP contribution in [0.4, 0.5) is 10.1 Å². The second-order valence-corrected chi connectivity index (χ2v) is 8.09. The van der Waals surface area contributed by atoms with Crippen molar-refractivity contribution in [3.63, 3.8) is 0 Å². The highest BCUT2D eigenvalue weighted by atomic mass is 35.5. The van der Waals surface area contributed by atoms with E-state index in [-0.39, 0.29) is 24.2 Å². The summed E-state index contributed by atoms with van der Waals surface area (Å²) in [5, 5.41) is 9.16. The van der Waals surface area contributed by atoms with E-state index in [4.69, 9.17) is 11.6 Å². The standard InChI is InChI=1S/C22H22ClFN4O2/c1-13-6-7-15(24)11-18(13)21-17(22(30)25-16-5-3-4-14(23)10-16)8-9-19-26-27(2)20(29)12-28(19)21/h3-7,10-11,17,21H,8-9,12H2,1-2H3,(H,25,30)/t17?,21-/m0/s1. The average Bonchev–Trinajstić information content (AvgIpc) is 2.70. The van der Waals surface area contributed by atoms with Crippen molar-refractivity contribution >= 4 is 34.9 Å². The van der Waals surface area contributed by atoms with E-state index in [0.717, 1.165) is 11.4 Å². The van der Waals surface area contributed by atoms with Crippen molar-refractivity contribution in [1.29, 1.82) is 0 Å². The van der Waals surface area contributed by atoms with Gasteiger partial charge in [-0.3, -0.25) is 9.59 Å². The van der Waals surface area contributed by atoms with Crippen molar-refractivity contribution < 1.29 is 14.0 Å². The monoisotopic (exact) mass is 428 g/mol. The Balaban J connectivity index is 1.73. The van der Waals surface area contributed by atoms with Crippen LogP contribution in [-0.4, -0.2) is 41.2 Å². The van der Waals surface area contributed by atoms with Crippen LogP contribution in [0.1, 0.15) is 30.0 Å². The molecule has 1 fully saturated rings. The molecule has 2 aliphatic rings. The molecule has 8 heteroatoms. The largest absolute Gasteiger partial charge is 0.341 e. The van der Waals surface area contributed by atoms with Gasteiger partial charge in [-0.25, -0.2) is 9.40 Å². The predicted molar refractivity (Wildman–Crippen MR) is 114 cm³/mol. The van der Waals surface area contributed by atoms with Crippen LogP contribution in [0.2, 0.25) is 5.02 Å². The summed E-state index contributed by atoms with van der Waals surface area (Å²) in [6, 6.07) is 11.0. The number of hydrazone groups is 1. The summed E-state index contributed by atoms with van der Waals surface area (Å²) in [5.74, 6) is -0.503. The van der Waals surface area contributed by atoms with Crippen LogP contribution in [0, 0.1) is 18.7 Å². The van der Waals surface area contributed by atoms with Gasteiger partial charge in [0.15, 0.2) is 0 Å². The van der Waals surface area contributed by atoms with E-state index in [0.29, 0.717) is 29.1 Å². The molecule has 2 atom stereocenters. The van der Waals surface area contributed by atoms with Gasteiger partial charge in [-0.15, -0.1) is 0 Å². The Bertz CT molecular complexity index is 1040. The lowest BCUT2D eigenvalue weighted by molar-refractivity contribution is -0.134. The molecule has 2 aromatic rings. The maximum absolute atomic E-state index is 14.1. The number of carbonyl (C=O) groups is 2. The molecular formula is C22H22ClFN4O2. The Morgan fingerprint density at radius 3 is 2.83 bits per heavy atom. The Morgan fingerprint density at radius 1 is 1.27 bits per heavy atom. The van der Waals surface area contributed by atoms with Gasteiger partial charge < -0.3 is 10.2 Å². The van der Waals surface area contributed by atoms with Crippen molar-refractivity contribution in [1.82, 2.24) is 9.91 Å². The molecule has 0 aliphatic carbocycles. The van der Waals surface area contributed by atoms with E-state index in [1.54, 1.807) is 37.4 Å². The topological polar surface area (TPSA) is 65.0 Å². The van der Waals surface area contributed by atoms with Crippen LogP contribution in [0.25, 0.3) is 0 Å². The van der Waals surface area contributed by atoms with Crippen molar-refractivity contribution in [3.05, 3.63) is 64.4 Å². The van der Waals surface area contributed by atoms with Gasteiger partial charge in [-0.2, -0.15) is 5.10 Å². The molecule has 1 unspecified atom stereocenters. The molecule has 0 aromatic heterocycles. The molecule has 2 amide bonds. The third-order valence-electron chi connectivity index (χ3n) is 5.65. The van der Waals surface area contributed by atoms with Crippen LogP contribution in [-0.2, 0) is 9.59 Å². The summed E-state index contributed by atoms with van der Waals surface area (Å²) >= 11 is 6.04. The molecular weight excluding hydrogens is 407 g/mol. The van der Waals surface area contributed by atoms with Crippen molar-refractivity contribution in [3.8, 4) is 0 Å². The van der Waals surface area contributed by atoms with E-state index in [9.17, 15) is 14.0 Å². The number of likely N-dealkylation sites (N-methyl/N-ethyl adjacent to an activating group) is 1. The highest BCUT2D eigenvalue weighted by Crippen LogP contribution is 2.40. The van der Waals surface area contributed by atoms with Gasteiger partial charge in [-0.05, 0) is 54.8 Å². The van der Waals surface area contributed by atoms with E-state index < -0.39 is 12.0 Å². The van der Waals surface area contributed by atoms with E-state index in [2.05, 4.69) is 10.4 Å². The number of benzene rings is 2. The number of amides is 2. The number of carbonyl (C=O) groups excluding carboxylic acids is 2. The predicted octanol–water partition coefficient (Wildman–Crippen LogP) is 3.96. The third kappa shape index (κ3) is 3.89. The van der Waals surface area contributed by atoms with E-state index in [1.807, 2.05) is 11.8 Å². The Morgan fingerprint density at radius 2 is 2.07 bits per heavy atom. The lowest BCUT2D eigenvalue weighted by Gasteiger charge is -2.45. The zero-order valence-electron chi connectivity index (χ0n) is 16.7. The molecule has 30 heavy (non-hydrogen) atoms. The van der Waals surface area contributed by atoms with Gasteiger partial charge in [0, 0.05) is 24.2 Å². The number of anilines is 1. The molecule has 0 spiro atoms. The summed E-state index contributed by atoms with van der Waals surface area (Å²) < 4.78 is 14.1. The summed E-state index contributed by atoms with van der Waals surface area (Å²) in [6.07, 6.45) is 1.08. The molecule has 0 bridgehead atoms. The summed E-state index contributed by atoms with van der Waals surface area (Å²) in [4.78, 5) is 27.5. The number of nitrogens with zero attached hydrogens (tertiary/aromatic N) is 3. The number of piperidine rings is 1. The fraction of sp³-hybridized carbons (Fsp3) is 0.318. The zero-order valence-corrected chi connectivity index (χ0v) is 17.5. The molecule has 2 aromatic carbocycles. The Hall–Kier alpha value is -2.93. The third-order valence-corrected chi connectivity index (χ3v) is 5.88. The number of nitrogens with one attached hydrogen (secondary N) is 1. The molecule has 6 nitrogen and oxygen atoms in total. The van der Waals surface area contributed by atoms with Crippen molar-refractivity contribution in [2.24, 2.45) is 11.0 Å². The lowest BCUT2D eigenvalue weighted by atomic mass is 9.81. The normalized spacial score (nSPS) is 21.2. The van der Waals surface area contributed by atoms with Crippen LogP contribution in [0.3, 0.4) is 0 Å². The second kappa shape index (κ2) is 8.07. The highest BCUT2D eigenvalue weighted by molar-refractivity contribution is 6.30. The minimum Gasteiger partial charge on any atom is -0.341 e. The maximum Gasteiger partial charge on any atom is 0.262 e. The second-order valence-electron chi connectivity index (χ2n) is 7.65. The number of rotatable bonds is 3. The molecule has 2 heterocycles. The van der Waals surface area contributed by atoms with Gasteiger partial charge in [-0.1, -0.05) is 23.7 Å². The van der Waals surface area contributed by atoms with Gasteiger partial charge in [0.05, 0.1) is 12.0 Å². The maximum atomic E-state index is 14.1. The summed E-state index contributed by atoms with van der Waals surface area (Å²) in [6.45, 7) is 1.97. The van der Waals surface area contributed by atoms with Gasteiger partial charge >= 0.3 is 0 Å². The number of hydrogen-bond acceptors (Lipinski definition) is 4. The van der Waals surface area contributed by atoms with Gasteiger partial charge in [0.1, 0.15) is 18.2 Å². The first-order chi connectivity index (χ1) is 14.3. The highest BCUT2D eigenvalue weighted by Gasteiger charge is 2.43. The average molecular weight is 429 g/mol. The minimum absolute atomic E-state index is 0.0941. The quantitative estimate of drug-likeness (QED) is 0.804. The van der Waals surface area contributed by atoms with Crippen molar-refractivity contribution in [2.45, 2.75) is 25.8 Å². The Labute approximate surface area is 179 Å². The number of halogens is 2. The molecule has 0 radical (unpaired) electrons. The first-order valence-corrected chi connectivity index (χ1v) is 10.1. The number of hydrogen-bond donors (Lipinski definition) is 1. The van der Waals surface area contributed by atoms with Crippen LogP contribution in [0.5, 0.6) is 0 Å². The number of aryl methyl sites for hydroxylation is 1. The van der Waals surface area contributed by atoms with Gasteiger partial charge in [0.2, 0.25) is 5.91 Å². The van der Waals surface area contributed by atoms with E-state index >= 15 is 0 Å². The smallest absolute Gasteiger partial charge is 0.262 e. The molecule has 2 aliphatic heterocycles. The molecule has 4 rings (SSSR count). The van der Waals surface area contributed by atoms with Crippen LogP contribution >= 0.6 is 11.6 Å². The van der Waals surface area contributed by atoms with Crippen molar-refractivity contribution in [2.75, 3.05) is 18.9 Å². The van der Waals surface area contributed by atoms with Crippen LogP contribution in [0.15, 0.2) is 47.6 Å². The summed E-state index contributed by atoms with van der Waals surface area (Å²) in [7, 11) is 1.62. The number of fused-ring (bicyclic) bond motifs is 1. The minimum atomic E-state index is -0.495. The lowest BCUT2D eigenvalue weighted by Crippen LogP contribution is -2.53. The summed E-state index contributed by atoms with van der Waals surface area (Å²) in [5.41, 5.74) is 2.14. The molecule has 156 valence electrons. The first-order valence-electron chi connectivity index (χ1n) is 9.76. The first kappa shape index (κ1) is 20.3. The number of amidine groups is 1. The van der Waals surface area contributed by atoms with Crippen LogP contribution < -0.4 is 5.32 Å². The fourth-order valence-electron chi connectivity index (χ4n) is 4.13. The van der Waals surface area contributed by atoms with E-state index in [1.165, 1.54) is 17.1 Å². The molecule has 1 N–H and O–H groups in total. The fourth-order valence-corrected chi connectivity index (χ4v) is 4.32. The Kier molecular flexibility index (Phi) is 5.47. The SMILES string of the molecule is Cc1ccc(F)cc1[C@@H]1C(C(=O)Nc2cccc(Cl)c2)CCC2=NN(C)C(=O)CN21. The zero-order chi connectivity index (χ0) is 21.4.